The van der Waals surface area contributed by atoms with E-state index >= 15 is 4.39 Å². The van der Waals surface area contributed by atoms with Gasteiger partial charge < -0.3 is 34.6 Å². The Morgan fingerprint density at radius 3 is 2.38 bits per heavy atom. The number of thioether (sulfide) groups is 2. The lowest BCUT2D eigenvalue weighted by Gasteiger charge is -2.46. The Kier molecular flexibility index (Phi) is 8.65. The van der Waals surface area contributed by atoms with Gasteiger partial charge in [0.1, 0.15) is 21.4 Å². The Balaban J connectivity index is 1.06. The third kappa shape index (κ3) is 5.61. The molecule has 4 heterocycles. The van der Waals surface area contributed by atoms with Crippen molar-refractivity contribution in [1.82, 2.24) is 14.4 Å². The SMILES string of the molecule is CC1C(SCCSC(=S)N2CCN(c3cc4c(cc3F)c(=O)c(C(=O)O)cn4C3CC3)CC2)=C(C(=O)O)N2C(=O)[C@@H]([C@@H](C)O)[C@H]12. The molecular weight excluding hydrogens is 644 g/mol. The monoisotopic (exact) mass is 676 g/mol. The number of rotatable bonds is 9. The minimum Gasteiger partial charge on any atom is -0.477 e. The van der Waals surface area contributed by atoms with Gasteiger partial charge in [-0.15, -0.1) is 11.8 Å². The van der Waals surface area contributed by atoms with E-state index in [1.54, 1.807) is 17.6 Å². The average Bonchev–Trinajstić information content (AvgIpc) is 3.80. The highest BCUT2D eigenvalue weighted by Crippen LogP contribution is 2.50. The Morgan fingerprint density at radius 2 is 1.78 bits per heavy atom. The molecule has 0 spiro atoms. The molecule has 1 saturated carbocycles. The maximum atomic E-state index is 15.3. The number of thiocarbonyl (C=S) groups is 1. The molecule has 11 nitrogen and oxygen atoms in total. The van der Waals surface area contributed by atoms with E-state index in [-0.39, 0.29) is 40.6 Å². The number of anilines is 1. The van der Waals surface area contributed by atoms with Crippen LogP contribution in [0.2, 0.25) is 0 Å². The lowest BCUT2D eigenvalue weighted by Crippen LogP contribution is -2.63. The molecule has 240 valence electrons. The van der Waals surface area contributed by atoms with Crippen molar-refractivity contribution in [3.05, 3.63) is 50.5 Å². The van der Waals surface area contributed by atoms with Crippen LogP contribution in [-0.4, -0.2) is 102 Å². The van der Waals surface area contributed by atoms with E-state index in [2.05, 4.69) is 4.90 Å². The summed E-state index contributed by atoms with van der Waals surface area (Å²) in [7, 11) is 0. The van der Waals surface area contributed by atoms with E-state index in [1.807, 2.05) is 11.8 Å². The molecule has 0 bridgehead atoms. The molecule has 3 fully saturated rings. The first kappa shape index (κ1) is 31.8. The average molecular weight is 677 g/mol. The van der Waals surface area contributed by atoms with Crippen molar-refractivity contribution in [2.24, 2.45) is 11.8 Å². The number of carboxylic acid groups (broad SMARTS) is 2. The molecule has 3 aliphatic heterocycles. The first-order chi connectivity index (χ1) is 21.4. The molecule has 1 aromatic heterocycles. The minimum atomic E-state index is -1.33. The Hall–Kier alpha value is -3.14. The van der Waals surface area contributed by atoms with Gasteiger partial charge in [0.05, 0.1) is 29.3 Å². The first-order valence-corrected chi connectivity index (χ1v) is 17.2. The number of benzene rings is 1. The van der Waals surface area contributed by atoms with Crippen LogP contribution in [0.4, 0.5) is 10.1 Å². The molecule has 2 saturated heterocycles. The van der Waals surface area contributed by atoms with Crippen LogP contribution in [0.15, 0.2) is 33.7 Å². The van der Waals surface area contributed by atoms with E-state index in [9.17, 15) is 34.5 Å². The summed E-state index contributed by atoms with van der Waals surface area (Å²) in [6, 6.07) is 2.56. The molecule has 1 aromatic carbocycles. The summed E-state index contributed by atoms with van der Waals surface area (Å²) < 4.78 is 17.8. The van der Waals surface area contributed by atoms with Gasteiger partial charge in [-0.1, -0.05) is 30.9 Å². The van der Waals surface area contributed by atoms with Crippen molar-refractivity contribution in [2.45, 2.75) is 44.9 Å². The van der Waals surface area contributed by atoms with Crippen molar-refractivity contribution in [3.63, 3.8) is 0 Å². The fourth-order valence-corrected chi connectivity index (χ4v) is 9.21. The molecular formula is C30H33FN4O7S3. The topological polar surface area (TPSA) is 144 Å². The molecule has 4 atom stereocenters. The minimum absolute atomic E-state index is 0.0143. The lowest BCUT2D eigenvalue weighted by atomic mass is 9.79. The highest BCUT2D eigenvalue weighted by molar-refractivity contribution is 8.23. The number of carboxylic acids is 2. The van der Waals surface area contributed by atoms with Crippen molar-refractivity contribution in [3.8, 4) is 0 Å². The summed E-state index contributed by atoms with van der Waals surface area (Å²) in [6.07, 6.45) is 2.27. The second-order valence-electron chi connectivity index (χ2n) is 11.8. The summed E-state index contributed by atoms with van der Waals surface area (Å²) in [4.78, 5) is 54.9. The van der Waals surface area contributed by atoms with Crippen molar-refractivity contribution >= 4 is 74.5 Å². The molecule has 3 N–H and O–H groups in total. The number of pyridine rings is 1. The summed E-state index contributed by atoms with van der Waals surface area (Å²) in [5, 5.41) is 29.4. The maximum Gasteiger partial charge on any atom is 0.353 e. The summed E-state index contributed by atoms with van der Waals surface area (Å²) in [6.45, 7) is 5.58. The third-order valence-corrected chi connectivity index (χ3v) is 12.1. The molecule has 2 aromatic rings. The Morgan fingerprint density at radius 1 is 1.09 bits per heavy atom. The van der Waals surface area contributed by atoms with Gasteiger partial charge in [0, 0.05) is 66.1 Å². The molecule has 1 unspecified atom stereocenters. The second-order valence-corrected chi connectivity index (χ2v) is 14.7. The third-order valence-electron chi connectivity index (χ3n) is 9.03. The number of aliphatic carboxylic acids is 1. The van der Waals surface area contributed by atoms with Gasteiger partial charge in [-0.05, 0) is 31.9 Å². The fourth-order valence-electron chi connectivity index (χ4n) is 6.63. The molecule has 0 radical (unpaired) electrons. The number of amides is 1. The Bertz CT molecular complexity index is 1700. The number of piperazine rings is 1. The highest BCUT2D eigenvalue weighted by Gasteiger charge is 2.59. The number of aromatic carboxylic acids is 1. The van der Waals surface area contributed by atoms with Gasteiger partial charge in [-0.3, -0.25) is 9.59 Å². The zero-order chi connectivity index (χ0) is 32.3. The van der Waals surface area contributed by atoms with E-state index in [4.69, 9.17) is 12.2 Å². The lowest BCUT2D eigenvalue weighted by molar-refractivity contribution is -0.163. The number of carbonyl (C=O) groups excluding carboxylic acids is 1. The number of β-lactam (4-membered cyclic amide) rings is 1. The molecule has 15 heteroatoms. The first-order valence-electron chi connectivity index (χ1n) is 14.8. The zero-order valence-electron chi connectivity index (χ0n) is 24.6. The number of hydrogen-bond donors (Lipinski definition) is 3. The summed E-state index contributed by atoms with van der Waals surface area (Å²) in [5.74, 6) is -2.96. The van der Waals surface area contributed by atoms with Gasteiger partial charge in [0.25, 0.3) is 0 Å². The standard InChI is InChI=1S/C30H33FN4O7S3/c1-14-23-22(15(2)36)27(38)35(23)24(29(41)42)26(14)44-9-10-45-30(43)33-7-5-32(6-8-33)21-12-20-17(11-19(21)31)25(37)18(28(39)40)13-34(20)16-3-4-16/h11-16,22-23,36H,3-10H2,1-2H3,(H,39,40)(H,41,42)/t14?,15-,22+,23+/m1/s1. The van der Waals surface area contributed by atoms with E-state index < -0.39 is 35.2 Å². The molecule has 1 amide bonds. The van der Waals surface area contributed by atoms with Gasteiger partial charge in [0.15, 0.2) is 0 Å². The summed E-state index contributed by atoms with van der Waals surface area (Å²) in [5.41, 5.74) is -0.140. The molecule has 1 aliphatic carbocycles. The molecule has 45 heavy (non-hydrogen) atoms. The van der Waals surface area contributed by atoms with Gasteiger partial charge in [-0.25, -0.2) is 14.0 Å². The van der Waals surface area contributed by atoms with Gasteiger partial charge >= 0.3 is 11.9 Å². The van der Waals surface area contributed by atoms with Crippen LogP contribution in [-0.2, 0) is 9.59 Å². The van der Waals surface area contributed by atoms with Crippen LogP contribution in [0.3, 0.4) is 0 Å². The summed E-state index contributed by atoms with van der Waals surface area (Å²) >= 11 is 8.57. The van der Waals surface area contributed by atoms with E-state index in [0.29, 0.717) is 58.1 Å². The number of aliphatic hydroxyl groups is 1. The molecule has 6 rings (SSSR count). The maximum absolute atomic E-state index is 15.3. The molecule has 4 aliphatic rings. The number of aliphatic hydroxyl groups excluding tert-OH is 1. The largest absolute Gasteiger partial charge is 0.477 e. The zero-order valence-corrected chi connectivity index (χ0v) is 27.1. The highest BCUT2D eigenvalue weighted by atomic mass is 32.2. The predicted molar refractivity (Wildman–Crippen MR) is 174 cm³/mol. The van der Waals surface area contributed by atoms with Gasteiger partial charge in [0.2, 0.25) is 11.3 Å². The van der Waals surface area contributed by atoms with Gasteiger partial charge in [-0.2, -0.15) is 0 Å². The van der Waals surface area contributed by atoms with Crippen molar-refractivity contribution < 1.29 is 34.1 Å². The predicted octanol–water partition coefficient (Wildman–Crippen LogP) is 3.20. The number of carbonyl (C=O) groups is 3. The van der Waals surface area contributed by atoms with Crippen LogP contribution >= 0.6 is 35.7 Å². The van der Waals surface area contributed by atoms with Crippen molar-refractivity contribution in [1.29, 1.82) is 0 Å². The van der Waals surface area contributed by atoms with Crippen LogP contribution in [0, 0.1) is 17.7 Å². The number of nitrogens with zero attached hydrogens (tertiary/aromatic N) is 4. The number of fused-ring (bicyclic) bond motifs is 2. The number of hydrogen-bond acceptors (Lipinski definition) is 9. The Labute approximate surface area is 272 Å². The van der Waals surface area contributed by atoms with E-state index in [1.165, 1.54) is 34.6 Å². The quantitative estimate of drug-likeness (QED) is 0.204. The number of halogens is 1. The van der Waals surface area contributed by atoms with Crippen LogP contribution in [0.1, 0.15) is 43.1 Å². The second kappa shape index (κ2) is 12.2. The van der Waals surface area contributed by atoms with Crippen molar-refractivity contribution in [2.75, 3.05) is 42.6 Å². The number of aromatic nitrogens is 1. The van der Waals surface area contributed by atoms with Crippen LogP contribution < -0.4 is 10.3 Å². The van der Waals surface area contributed by atoms with Crippen LogP contribution in [0.25, 0.3) is 10.9 Å². The fraction of sp³-hybridized carbons (Fsp3) is 0.500. The van der Waals surface area contributed by atoms with Crippen LogP contribution in [0.5, 0.6) is 0 Å². The normalized spacial score (nSPS) is 23.8. The van der Waals surface area contributed by atoms with E-state index in [0.717, 1.165) is 18.9 Å². The smallest absolute Gasteiger partial charge is 0.353 e.